The molecule has 7 heteroatoms. The molecule has 1 aromatic rings. The van der Waals surface area contributed by atoms with Gasteiger partial charge in [0.25, 0.3) is 0 Å². The molecule has 0 saturated heterocycles. The Balaban J connectivity index is 2.37. The minimum absolute atomic E-state index is 0.0536. The van der Waals surface area contributed by atoms with Crippen LogP contribution in [0, 0.1) is 5.92 Å². The summed E-state index contributed by atoms with van der Waals surface area (Å²) in [4.78, 5) is 11.5. The van der Waals surface area contributed by atoms with Gasteiger partial charge in [0.2, 0.25) is 0 Å². The van der Waals surface area contributed by atoms with Crippen molar-refractivity contribution >= 4 is 34.2 Å². The van der Waals surface area contributed by atoms with Crippen LogP contribution in [0.15, 0.2) is 36.4 Å². The van der Waals surface area contributed by atoms with Crippen LogP contribution in [-0.4, -0.2) is 41.2 Å². The number of halogens is 1. The van der Waals surface area contributed by atoms with Crippen molar-refractivity contribution in [3.8, 4) is 0 Å². The highest BCUT2D eigenvalue weighted by atomic mass is 35.5. The lowest BCUT2D eigenvalue weighted by Gasteiger charge is -2.40. The number of esters is 1. The topological polar surface area (TPSA) is 44.8 Å². The summed E-state index contributed by atoms with van der Waals surface area (Å²) in [6.07, 6.45) is 13.3. The van der Waals surface area contributed by atoms with Crippen molar-refractivity contribution in [3.05, 3.63) is 47.5 Å². The van der Waals surface area contributed by atoms with Crippen LogP contribution in [0.1, 0.15) is 129 Å². The summed E-state index contributed by atoms with van der Waals surface area (Å²) < 4.78 is 18.9. The average molecular weight is 666 g/mol. The molecule has 2 rings (SSSR count). The van der Waals surface area contributed by atoms with Gasteiger partial charge in [0.15, 0.2) is 16.6 Å². The van der Waals surface area contributed by atoms with Crippen LogP contribution in [0.4, 0.5) is 0 Å². The molecule has 1 aromatic carbocycles. The number of ether oxygens (including phenoxy) is 1. The molecular formula is C37H65ClO4Si2. The largest absolute Gasteiger partial charge is 0.469 e. The molecule has 1 unspecified atom stereocenters. The van der Waals surface area contributed by atoms with Crippen LogP contribution in [0.3, 0.4) is 0 Å². The number of carbonyl (C=O) groups excluding carboxylic acids is 1. The van der Waals surface area contributed by atoms with E-state index in [1.165, 1.54) is 37.5 Å². The molecule has 0 radical (unpaired) electrons. The van der Waals surface area contributed by atoms with Gasteiger partial charge in [-0.1, -0.05) is 104 Å². The van der Waals surface area contributed by atoms with Gasteiger partial charge in [0.1, 0.15) is 0 Å². The van der Waals surface area contributed by atoms with E-state index in [2.05, 4.69) is 111 Å². The van der Waals surface area contributed by atoms with E-state index in [0.717, 1.165) is 32.1 Å². The number of benzene rings is 1. The van der Waals surface area contributed by atoms with Gasteiger partial charge in [-0.3, -0.25) is 4.79 Å². The molecule has 1 saturated carbocycles. The lowest BCUT2D eigenvalue weighted by Crippen LogP contribution is -2.44. The average Bonchev–Trinajstić information content (AvgIpc) is 3.22. The van der Waals surface area contributed by atoms with Crippen molar-refractivity contribution in [2.75, 3.05) is 7.11 Å². The molecule has 1 aliphatic rings. The summed E-state index contributed by atoms with van der Waals surface area (Å²) in [6.45, 7) is 25.6. The fourth-order valence-corrected chi connectivity index (χ4v) is 8.76. The molecule has 44 heavy (non-hydrogen) atoms. The normalized spacial score (nSPS) is 22.5. The number of hydrogen-bond acceptors (Lipinski definition) is 4. The Kier molecular flexibility index (Phi) is 15.0. The third kappa shape index (κ3) is 11.1. The Morgan fingerprint density at radius 1 is 0.955 bits per heavy atom. The third-order valence-corrected chi connectivity index (χ3v) is 20.1. The van der Waals surface area contributed by atoms with Crippen LogP contribution in [0.25, 0.3) is 0 Å². The molecule has 1 fully saturated rings. The Bertz CT molecular complexity index is 1040. The molecule has 0 heterocycles. The zero-order valence-corrected chi connectivity index (χ0v) is 33.0. The SMILES string of the molecule is CCCCCC(O[Si](C)(C)C(C)(C)C)c1ccc([C@@H]2[C@@H](C/C=C\CCCC(=O)OC)[C@@H](Cl)C[C@H]2O[Si](C)(C)C(C)(C)C)cc1. The fourth-order valence-electron chi connectivity index (χ4n) is 5.65. The summed E-state index contributed by atoms with van der Waals surface area (Å²) in [5, 5.41) is 0.356. The summed E-state index contributed by atoms with van der Waals surface area (Å²) in [5.41, 5.74) is 2.61. The Labute approximate surface area is 278 Å². The molecule has 0 aliphatic heterocycles. The number of alkyl halides is 1. The highest BCUT2D eigenvalue weighted by Crippen LogP contribution is 2.50. The Morgan fingerprint density at radius 3 is 2.11 bits per heavy atom. The summed E-state index contributed by atoms with van der Waals surface area (Å²) >= 11 is 7.15. The number of hydrogen-bond donors (Lipinski definition) is 0. The fraction of sp³-hybridized carbons (Fsp3) is 0.757. The monoisotopic (exact) mass is 664 g/mol. The molecule has 0 N–H and O–H groups in total. The number of rotatable bonds is 16. The number of allylic oxidation sites excluding steroid dienone is 2. The van der Waals surface area contributed by atoms with Crippen molar-refractivity contribution in [2.24, 2.45) is 5.92 Å². The second-order valence-corrected chi connectivity index (χ2v) is 26.1. The van der Waals surface area contributed by atoms with Gasteiger partial charge < -0.3 is 13.6 Å². The van der Waals surface area contributed by atoms with E-state index in [4.69, 9.17) is 25.2 Å². The van der Waals surface area contributed by atoms with Crippen molar-refractivity contribution in [3.63, 3.8) is 0 Å². The molecule has 0 amide bonds. The highest BCUT2D eigenvalue weighted by molar-refractivity contribution is 6.74. The minimum atomic E-state index is -2.00. The van der Waals surface area contributed by atoms with Crippen molar-refractivity contribution in [1.82, 2.24) is 0 Å². The second-order valence-electron chi connectivity index (χ2n) is 16.1. The first-order valence-corrected chi connectivity index (χ1v) is 23.4. The van der Waals surface area contributed by atoms with Crippen molar-refractivity contribution in [1.29, 1.82) is 0 Å². The van der Waals surface area contributed by atoms with Crippen LogP contribution in [0.5, 0.6) is 0 Å². The van der Waals surface area contributed by atoms with Crippen LogP contribution < -0.4 is 0 Å². The third-order valence-electron chi connectivity index (χ3n) is 10.6. The zero-order chi connectivity index (χ0) is 33.3. The van der Waals surface area contributed by atoms with E-state index in [1.54, 1.807) is 0 Å². The standard InChI is InChI=1S/C37H65ClO4Si2/c1-13-14-17-21-32(41-43(9,10)36(2,3)4)28-23-25-29(26-24-28)35-30(20-18-15-16-19-22-34(39)40-8)31(38)27-33(35)42-44(11,12)37(5,6)7/h15,18,23-26,30-33,35H,13-14,16-17,19-22,27H2,1-12H3/b18-15-/t30-,31-,32?,33+,35+/m0/s1. The lowest BCUT2D eigenvalue weighted by atomic mass is 9.84. The second kappa shape index (κ2) is 16.8. The van der Waals surface area contributed by atoms with E-state index in [-0.39, 0.29) is 45.5 Å². The molecule has 252 valence electrons. The van der Waals surface area contributed by atoms with Crippen LogP contribution >= 0.6 is 11.6 Å². The van der Waals surface area contributed by atoms with Crippen molar-refractivity contribution < 1.29 is 18.4 Å². The quantitative estimate of drug-likeness (QED) is 0.0580. The van der Waals surface area contributed by atoms with Gasteiger partial charge >= 0.3 is 5.97 Å². The molecular weight excluding hydrogens is 600 g/mol. The van der Waals surface area contributed by atoms with Gasteiger partial charge in [0.05, 0.1) is 19.3 Å². The Morgan fingerprint density at radius 2 is 1.57 bits per heavy atom. The molecule has 5 atom stereocenters. The molecule has 4 nitrogen and oxygen atoms in total. The van der Waals surface area contributed by atoms with E-state index in [1.807, 2.05) is 0 Å². The maximum atomic E-state index is 11.5. The molecule has 0 aromatic heterocycles. The van der Waals surface area contributed by atoms with Gasteiger partial charge in [0, 0.05) is 17.7 Å². The molecule has 0 bridgehead atoms. The first-order chi connectivity index (χ1) is 20.3. The lowest BCUT2D eigenvalue weighted by molar-refractivity contribution is -0.140. The summed E-state index contributed by atoms with van der Waals surface area (Å²) in [7, 11) is -2.47. The minimum Gasteiger partial charge on any atom is -0.469 e. The summed E-state index contributed by atoms with van der Waals surface area (Å²) in [5.74, 6) is 0.379. The predicted octanol–water partition coefficient (Wildman–Crippen LogP) is 11.7. The first kappa shape index (κ1) is 39.3. The van der Waals surface area contributed by atoms with Crippen LogP contribution in [-0.2, 0) is 18.4 Å². The zero-order valence-electron chi connectivity index (χ0n) is 30.2. The molecule has 0 spiro atoms. The van der Waals surface area contributed by atoms with Gasteiger partial charge in [-0.05, 0) is 85.4 Å². The first-order valence-electron chi connectivity index (χ1n) is 17.2. The maximum absolute atomic E-state index is 11.5. The summed E-state index contributed by atoms with van der Waals surface area (Å²) in [6, 6.07) is 9.32. The smallest absolute Gasteiger partial charge is 0.305 e. The predicted molar refractivity (Wildman–Crippen MR) is 194 cm³/mol. The number of unbranched alkanes of at least 4 members (excludes halogenated alkanes) is 3. The number of carbonyl (C=O) groups is 1. The van der Waals surface area contributed by atoms with Crippen LogP contribution in [0.2, 0.25) is 36.3 Å². The van der Waals surface area contributed by atoms with E-state index in [9.17, 15) is 4.79 Å². The van der Waals surface area contributed by atoms with E-state index in [0.29, 0.717) is 6.42 Å². The highest BCUT2D eigenvalue weighted by Gasteiger charge is 2.48. The van der Waals surface area contributed by atoms with E-state index < -0.39 is 16.6 Å². The molecule has 1 aliphatic carbocycles. The van der Waals surface area contributed by atoms with Crippen molar-refractivity contribution in [2.45, 2.75) is 166 Å². The van der Waals surface area contributed by atoms with Gasteiger partial charge in [-0.25, -0.2) is 0 Å². The van der Waals surface area contributed by atoms with Gasteiger partial charge in [-0.15, -0.1) is 11.6 Å². The van der Waals surface area contributed by atoms with Gasteiger partial charge in [-0.2, -0.15) is 0 Å². The Hall–Kier alpha value is -0.926. The number of methoxy groups -OCH3 is 1. The van der Waals surface area contributed by atoms with E-state index >= 15 is 0 Å². The maximum Gasteiger partial charge on any atom is 0.305 e.